The lowest BCUT2D eigenvalue weighted by atomic mass is 10.1. The summed E-state index contributed by atoms with van der Waals surface area (Å²) in [6.45, 7) is 0. The Morgan fingerprint density at radius 2 is 1.88 bits per heavy atom. The smallest absolute Gasteiger partial charge is 0.358 e. The van der Waals surface area contributed by atoms with Crippen LogP contribution >= 0.6 is 0 Å². The van der Waals surface area contributed by atoms with Gasteiger partial charge in [0.1, 0.15) is 5.56 Å². The molecule has 0 aliphatic heterocycles. The zero-order valence-corrected chi connectivity index (χ0v) is 7.63. The van der Waals surface area contributed by atoms with E-state index in [0.717, 1.165) is 0 Å². The monoisotopic (exact) mass is 260 g/mol. The number of nitro groups is 1. The van der Waals surface area contributed by atoms with E-state index in [4.69, 9.17) is 0 Å². The van der Waals surface area contributed by atoms with Crippen LogP contribution in [0.4, 0.5) is 32.2 Å². The first kappa shape index (κ1) is 13.2. The van der Waals surface area contributed by atoms with Crippen molar-refractivity contribution in [3.8, 4) is 0 Å². The summed E-state index contributed by atoms with van der Waals surface area (Å²) in [7, 11) is 0. The molecule has 1 aromatic rings. The number of halogens is 6. The maximum absolute atomic E-state index is 12.9. The molecule has 0 saturated heterocycles. The van der Waals surface area contributed by atoms with Crippen molar-refractivity contribution in [3.05, 3.63) is 33.3 Å². The third-order valence-corrected chi connectivity index (χ3v) is 1.71. The molecule has 0 atom stereocenters. The van der Waals surface area contributed by atoms with E-state index >= 15 is 0 Å². The average Bonchev–Trinajstić information content (AvgIpc) is 2.14. The number of alkyl halides is 5. The third-order valence-electron chi connectivity index (χ3n) is 1.71. The van der Waals surface area contributed by atoms with Gasteiger partial charge in [-0.3, -0.25) is 0 Å². The molecule has 1 rings (SSSR count). The van der Waals surface area contributed by atoms with Crippen LogP contribution in [0.25, 0.3) is 0 Å². The summed E-state index contributed by atoms with van der Waals surface area (Å²) in [4.78, 5) is 11.1. The molecule has 0 radical (unpaired) electrons. The molecule has 94 valence electrons. The molecule has 0 aliphatic rings. The van der Waals surface area contributed by atoms with E-state index in [9.17, 15) is 36.5 Å². The molecule has 0 saturated carbocycles. The number of pyridine rings is 1. The topological polar surface area (TPSA) is 56.0 Å². The normalized spacial score (nSPS) is 11.9. The Morgan fingerprint density at radius 1 is 1.35 bits per heavy atom. The van der Waals surface area contributed by atoms with Crippen LogP contribution in [0.5, 0.6) is 0 Å². The standard InChI is InChI=1S/C7H2F6N2O2/c8-5(9)4-2(7(11,12)13)1-3(15(16)17)14-6(4)10/h1,5H. The zero-order chi connectivity index (χ0) is 13.4. The summed E-state index contributed by atoms with van der Waals surface area (Å²) in [6.07, 6.45) is -9.11. The van der Waals surface area contributed by atoms with Crippen molar-refractivity contribution >= 4 is 5.82 Å². The van der Waals surface area contributed by atoms with Gasteiger partial charge in [0.15, 0.2) is 0 Å². The predicted octanol–water partition coefficient (Wildman–Crippen LogP) is 3.09. The van der Waals surface area contributed by atoms with Gasteiger partial charge in [-0.15, -0.1) is 0 Å². The Kier molecular flexibility index (Phi) is 3.25. The molecule has 0 fully saturated rings. The fraction of sp³-hybridized carbons (Fsp3) is 0.286. The summed E-state index contributed by atoms with van der Waals surface area (Å²) < 4.78 is 74.1. The van der Waals surface area contributed by atoms with Gasteiger partial charge < -0.3 is 10.1 Å². The molecule has 1 aromatic heterocycles. The van der Waals surface area contributed by atoms with E-state index in [2.05, 4.69) is 4.98 Å². The summed E-state index contributed by atoms with van der Waals surface area (Å²) in [5.74, 6) is -3.69. The van der Waals surface area contributed by atoms with Gasteiger partial charge in [-0.05, 0) is 9.91 Å². The van der Waals surface area contributed by atoms with Crippen molar-refractivity contribution in [3.63, 3.8) is 0 Å². The van der Waals surface area contributed by atoms with Crippen molar-refractivity contribution in [2.75, 3.05) is 0 Å². The van der Waals surface area contributed by atoms with Crippen LogP contribution in [-0.2, 0) is 6.18 Å². The van der Waals surface area contributed by atoms with Gasteiger partial charge in [0, 0.05) is 6.07 Å². The second-order valence-corrected chi connectivity index (χ2v) is 2.79. The molecule has 1 heterocycles. The fourth-order valence-corrected chi connectivity index (χ4v) is 1.05. The number of nitrogens with zero attached hydrogens (tertiary/aromatic N) is 2. The summed E-state index contributed by atoms with van der Waals surface area (Å²) in [5, 5.41) is 10.1. The molecule has 0 aliphatic carbocycles. The van der Waals surface area contributed by atoms with Gasteiger partial charge in [0.2, 0.25) is 0 Å². The highest BCUT2D eigenvalue weighted by atomic mass is 19.4. The predicted molar refractivity (Wildman–Crippen MR) is 40.8 cm³/mol. The Balaban J connectivity index is 3.57. The maximum atomic E-state index is 12.9. The van der Waals surface area contributed by atoms with Crippen molar-refractivity contribution in [2.24, 2.45) is 0 Å². The molecule has 0 aromatic carbocycles. The van der Waals surface area contributed by atoms with Crippen LogP contribution < -0.4 is 0 Å². The lowest BCUT2D eigenvalue weighted by Gasteiger charge is -2.10. The molecule has 4 nitrogen and oxygen atoms in total. The molecule has 0 spiro atoms. The SMILES string of the molecule is O=[N+]([O-])c1cc(C(F)(F)F)c(C(F)F)c(F)n1. The number of aromatic nitrogens is 1. The fourth-order valence-electron chi connectivity index (χ4n) is 1.05. The zero-order valence-electron chi connectivity index (χ0n) is 7.63. The minimum atomic E-state index is -5.33. The molecule has 0 unspecified atom stereocenters. The van der Waals surface area contributed by atoms with Gasteiger partial charge in [-0.25, -0.2) is 8.78 Å². The number of hydrogen-bond donors (Lipinski definition) is 0. The Labute approximate surface area is 89.0 Å². The van der Waals surface area contributed by atoms with Crippen molar-refractivity contribution < 1.29 is 31.3 Å². The molecule has 0 bridgehead atoms. The van der Waals surface area contributed by atoms with E-state index in [1.54, 1.807) is 0 Å². The molecule has 0 amide bonds. The lowest BCUT2D eigenvalue weighted by molar-refractivity contribution is -0.390. The third kappa shape index (κ3) is 2.63. The highest BCUT2D eigenvalue weighted by molar-refractivity contribution is 5.36. The summed E-state index contributed by atoms with van der Waals surface area (Å²) in [6, 6.07) is -0.232. The van der Waals surface area contributed by atoms with Crippen LogP contribution in [0.15, 0.2) is 6.07 Å². The molecule has 0 N–H and O–H groups in total. The first-order chi connectivity index (χ1) is 7.64. The van der Waals surface area contributed by atoms with E-state index in [1.165, 1.54) is 0 Å². The minimum Gasteiger partial charge on any atom is -0.358 e. The van der Waals surface area contributed by atoms with Crippen molar-refractivity contribution in [2.45, 2.75) is 12.6 Å². The Hall–Kier alpha value is -1.87. The Morgan fingerprint density at radius 3 is 2.24 bits per heavy atom. The second kappa shape index (κ2) is 4.18. The molecule has 10 heteroatoms. The molecular weight excluding hydrogens is 258 g/mol. The van der Waals surface area contributed by atoms with Crippen molar-refractivity contribution in [1.29, 1.82) is 0 Å². The largest absolute Gasteiger partial charge is 0.417 e. The van der Waals surface area contributed by atoms with Crippen LogP contribution in [0.2, 0.25) is 0 Å². The van der Waals surface area contributed by atoms with Crippen LogP contribution in [0.3, 0.4) is 0 Å². The van der Waals surface area contributed by atoms with Gasteiger partial charge in [0.25, 0.3) is 6.43 Å². The maximum Gasteiger partial charge on any atom is 0.417 e. The van der Waals surface area contributed by atoms with Crippen molar-refractivity contribution in [1.82, 2.24) is 4.98 Å². The van der Waals surface area contributed by atoms with Gasteiger partial charge in [-0.2, -0.15) is 17.6 Å². The number of hydrogen-bond acceptors (Lipinski definition) is 3. The quantitative estimate of drug-likeness (QED) is 0.355. The summed E-state index contributed by atoms with van der Waals surface area (Å²) in [5.41, 5.74) is -4.10. The van der Waals surface area contributed by atoms with E-state index in [1.807, 2.05) is 0 Å². The van der Waals surface area contributed by atoms with Crippen LogP contribution in [0, 0.1) is 16.1 Å². The highest BCUT2D eigenvalue weighted by Crippen LogP contribution is 2.38. The number of rotatable bonds is 2. The Bertz CT molecular complexity index is 458. The summed E-state index contributed by atoms with van der Waals surface area (Å²) >= 11 is 0. The first-order valence-electron chi connectivity index (χ1n) is 3.84. The average molecular weight is 260 g/mol. The second-order valence-electron chi connectivity index (χ2n) is 2.79. The molecule has 17 heavy (non-hydrogen) atoms. The van der Waals surface area contributed by atoms with Gasteiger partial charge >= 0.3 is 17.9 Å². The molecular formula is C7H2F6N2O2. The first-order valence-corrected chi connectivity index (χ1v) is 3.84. The van der Waals surface area contributed by atoms with E-state index < -0.39 is 40.4 Å². The van der Waals surface area contributed by atoms with E-state index in [-0.39, 0.29) is 6.07 Å². The lowest BCUT2D eigenvalue weighted by Crippen LogP contribution is -2.14. The minimum absolute atomic E-state index is 0.232. The van der Waals surface area contributed by atoms with Crippen LogP contribution in [0.1, 0.15) is 17.6 Å². The van der Waals surface area contributed by atoms with Gasteiger partial charge in [0.05, 0.1) is 5.56 Å². The highest BCUT2D eigenvalue weighted by Gasteiger charge is 2.41. The van der Waals surface area contributed by atoms with Gasteiger partial charge in [-0.1, -0.05) is 0 Å². The van der Waals surface area contributed by atoms with E-state index in [0.29, 0.717) is 0 Å². The van der Waals surface area contributed by atoms with Crippen LogP contribution in [-0.4, -0.2) is 9.91 Å².